The molecule has 160 valence electrons. The Morgan fingerprint density at radius 2 is 1.90 bits per heavy atom. The predicted molar refractivity (Wildman–Crippen MR) is 117 cm³/mol. The first-order chi connectivity index (χ1) is 14.2. The molecule has 0 spiro atoms. The highest BCUT2D eigenvalue weighted by molar-refractivity contribution is 9.10. The number of nitro groups is 1. The number of carbonyl (C=O) groups is 1. The van der Waals surface area contributed by atoms with Crippen LogP contribution in [-0.4, -0.2) is 43.2 Å². The average molecular weight is 496 g/mol. The van der Waals surface area contributed by atoms with Crippen LogP contribution in [0.2, 0.25) is 0 Å². The van der Waals surface area contributed by atoms with Gasteiger partial charge in [-0.05, 0) is 64.7 Å². The first-order valence-corrected chi connectivity index (χ1v) is 11.8. The number of nitrogens with zero attached hydrogens (tertiary/aromatic N) is 3. The molecule has 3 rings (SSSR count). The summed E-state index contributed by atoms with van der Waals surface area (Å²) in [5.41, 5.74) is 1.43. The van der Waals surface area contributed by atoms with Crippen molar-refractivity contribution in [1.82, 2.24) is 4.31 Å². The molecule has 2 aromatic carbocycles. The fourth-order valence-electron chi connectivity index (χ4n) is 3.60. The average Bonchev–Trinajstić information content (AvgIpc) is 2.73. The number of rotatable bonds is 6. The SMILES string of the molecule is CCN(CC)S(=O)(=O)c1ccc2c(c1)CCCN2C(=O)c1ccc(Br)c([N+](=O)[O-])c1. The molecule has 2 aromatic rings. The molecule has 30 heavy (non-hydrogen) atoms. The molecular weight excluding hydrogens is 474 g/mol. The van der Waals surface area contributed by atoms with Crippen molar-refractivity contribution >= 4 is 43.2 Å². The summed E-state index contributed by atoms with van der Waals surface area (Å²) in [5, 5.41) is 11.2. The highest BCUT2D eigenvalue weighted by Gasteiger charge is 2.28. The van der Waals surface area contributed by atoms with Crippen LogP contribution in [0.3, 0.4) is 0 Å². The lowest BCUT2D eigenvalue weighted by Crippen LogP contribution is -2.36. The number of benzene rings is 2. The fraction of sp³-hybridized carbons (Fsp3) is 0.350. The topological polar surface area (TPSA) is 101 Å². The highest BCUT2D eigenvalue weighted by Crippen LogP contribution is 2.33. The monoisotopic (exact) mass is 495 g/mol. The Kier molecular flexibility index (Phi) is 6.59. The minimum absolute atomic E-state index is 0.182. The third kappa shape index (κ3) is 4.12. The summed E-state index contributed by atoms with van der Waals surface area (Å²) < 4.78 is 27.3. The van der Waals surface area contributed by atoms with E-state index in [1.165, 1.54) is 28.6 Å². The van der Waals surface area contributed by atoms with Gasteiger partial charge in [-0.1, -0.05) is 13.8 Å². The summed E-state index contributed by atoms with van der Waals surface area (Å²) in [6, 6.07) is 9.06. The van der Waals surface area contributed by atoms with Gasteiger partial charge in [0.05, 0.1) is 14.3 Å². The Morgan fingerprint density at radius 3 is 2.53 bits per heavy atom. The maximum Gasteiger partial charge on any atom is 0.284 e. The summed E-state index contributed by atoms with van der Waals surface area (Å²) in [7, 11) is -3.59. The summed E-state index contributed by atoms with van der Waals surface area (Å²) in [6.07, 6.45) is 1.33. The molecule has 0 unspecified atom stereocenters. The van der Waals surface area contributed by atoms with E-state index < -0.39 is 14.9 Å². The van der Waals surface area contributed by atoms with Crippen LogP contribution in [0.5, 0.6) is 0 Å². The van der Waals surface area contributed by atoms with Crippen LogP contribution in [-0.2, 0) is 16.4 Å². The van der Waals surface area contributed by atoms with E-state index in [0.29, 0.717) is 42.6 Å². The van der Waals surface area contributed by atoms with Crippen LogP contribution < -0.4 is 4.90 Å². The molecule has 0 saturated heterocycles. The van der Waals surface area contributed by atoms with Crippen LogP contribution >= 0.6 is 15.9 Å². The third-order valence-electron chi connectivity index (χ3n) is 5.15. The summed E-state index contributed by atoms with van der Waals surface area (Å²) >= 11 is 3.12. The highest BCUT2D eigenvalue weighted by atomic mass is 79.9. The maximum atomic E-state index is 13.1. The number of carbonyl (C=O) groups excluding carboxylic acids is 1. The molecule has 0 radical (unpaired) electrons. The van der Waals surface area contributed by atoms with E-state index in [4.69, 9.17) is 0 Å². The molecule has 0 saturated carbocycles. The zero-order chi connectivity index (χ0) is 22.1. The van der Waals surface area contributed by atoms with Crippen molar-refractivity contribution in [2.75, 3.05) is 24.5 Å². The Balaban J connectivity index is 1.98. The molecule has 1 aliphatic heterocycles. The minimum atomic E-state index is -3.59. The number of nitro benzene ring substituents is 1. The molecule has 0 aromatic heterocycles. The van der Waals surface area contributed by atoms with Crippen LogP contribution in [0, 0.1) is 10.1 Å². The smallest absolute Gasteiger partial charge is 0.284 e. The molecule has 1 amide bonds. The predicted octanol–water partition coefficient (Wildman–Crippen LogP) is 3.98. The molecule has 0 bridgehead atoms. The van der Waals surface area contributed by atoms with E-state index in [2.05, 4.69) is 15.9 Å². The Hall–Kier alpha value is -2.30. The van der Waals surface area contributed by atoms with E-state index in [1.807, 2.05) is 0 Å². The number of amides is 1. The number of hydrogen-bond acceptors (Lipinski definition) is 5. The van der Waals surface area contributed by atoms with Gasteiger partial charge in [0.2, 0.25) is 10.0 Å². The molecule has 0 aliphatic carbocycles. The van der Waals surface area contributed by atoms with Crippen molar-refractivity contribution < 1.29 is 18.1 Å². The van der Waals surface area contributed by atoms with E-state index >= 15 is 0 Å². The first kappa shape index (κ1) is 22.4. The molecule has 10 heteroatoms. The lowest BCUT2D eigenvalue weighted by Gasteiger charge is -2.30. The number of hydrogen-bond donors (Lipinski definition) is 0. The Bertz CT molecular complexity index is 1100. The second-order valence-corrected chi connectivity index (χ2v) is 9.66. The molecule has 0 atom stereocenters. The van der Waals surface area contributed by atoms with Gasteiger partial charge in [0.1, 0.15) is 0 Å². The largest absolute Gasteiger partial charge is 0.308 e. The third-order valence-corrected chi connectivity index (χ3v) is 7.86. The number of sulfonamides is 1. The van der Waals surface area contributed by atoms with Crippen LogP contribution in [0.25, 0.3) is 0 Å². The van der Waals surface area contributed by atoms with Gasteiger partial charge in [-0.3, -0.25) is 14.9 Å². The zero-order valence-corrected chi connectivity index (χ0v) is 19.1. The number of anilines is 1. The van der Waals surface area contributed by atoms with Crippen molar-refractivity contribution in [3.8, 4) is 0 Å². The van der Waals surface area contributed by atoms with E-state index in [0.717, 1.165) is 5.56 Å². The zero-order valence-electron chi connectivity index (χ0n) is 16.7. The summed E-state index contributed by atoms with van der Waals surface area (Å²) in [5.74, 6) is -0.356. The van der Waals surface area contributed by atoms with Gasteiger partial charge < -0.3 is 4.90 Å². The van der Waals surface area contributed by atoms with Crippen LogP contribution in [0.1, 0.15) is 36.2 Å². The van der Waals surface area contributed by atoms with E-state index in [9.17, 15) is 23.3 Å². The van der Waals surface area contributed by atoms with Gasteiger partial charge in [0, 0.05) is 37.0 Å². The lowest BCUT2D eigenvalue weighted by atomic mass is 10.0. The number of fused-ring (bicyclic) bond motifs is 1. The molecule has 1 heterocycles. The normalized spacial score (nSPS) is 13.9. The minimum Gasteiger partial charge on any atom is -0.308 e. The standard InChI is InChI=1S/C20H22BrN3O5S/c1-3-22(4-2)30(28,29)16-8-10-18-14(12-16)6-5-11-23(18)20(25)15-7-9-17(21)19(13-15)24(26)27/h7-10,12-13H,3-6,11H2,1-2H3. The lowest BCUT2D eigenvalue weighted by molar-refractivity contribution is -0.385. The van der Waals surface area contributed by atoms with Gasteiger partial charge in [-0.15, -0.1) is 0 Å². The van der Waals surface area contributed by atoms with Crippen molar-refractivity contribution in [1.29, 1.82) is 0 Å². The second-order valence-electron chi connectivity index (χ2n) is 6.86. The summed E-state index contributed by atoms with van der Waals surface area (Å²) in [6.45, 7) is 4.79. The first-order valence-electron chi connectivity index (χ1n) is 9.59. The van der Waals surface area contributed by atoms with Gasteiger partial charge in [0.15, 0.2) is 0 Å². The molecule has 0 fully saturated rings. The second kappa shape index (κ2) is 8.83. The Labute approximate surface area is 183 Å². The Morgan fingerprint density at radius 1 is 1.20 bits per heavy atom. The van der Waals surface area contributed by atoms with Gasteiger partial charge in [-0.2, -0.15) is 4.31 Å². The fourth-order valence-corrected chi connectivity index (χ4v) is 5.50. The summed E-state index contributed by atoms with van der Waals surface area (Å²) in [4.78, 5) is 25.5. The molecular formula is C20H22BrN3O5S. The van der Waals surface area contributed by atoms with Crippen molar-refractivity contribution in [2.24, 2.45) is 0 Å². The molecule has 1 aliphatic rings. The van der Waals surface area contributed by atoms with Crippen LogP contribution in [0.4, 0.5) is 11.4 Å². The van der Waals surface area contributed by atoms with Crippen molar-refractivity contribution in [2.45, 2.75) is 31.6 Å². The quantitative estimate of drug-likeness (QED) is 0.445. The van der Waals surface area contributed by atoms with Crippen LogP contribution in [0.15, 0.2) is 45.8 Å². The van der Waals surface area contributed by atoms with Crippen molar-refractivity contribution in [3.05, 3.63) is 62.1 Å². The van der Waals surface area contributed by atoms with Gasteiger partial charge >= 0.3 is 0 Å². The number of halogens is 1. The van der Waals surface area contributed by atoms with E-state index in [1.54, 1.807) is 30.9 Å². The molecule has 8 nitrogen and oxygen atoms in total. The maximum absolute atomic E-state index is 13.1. The van der Waals surface area contributed by atoms with Crippen molar-refractivity contribution in [3.63, 3.8) is 0 Å². The van der Waals surface area contributed by atoms with Gasteiger partial charge in [0.25, 0.3) is 11.6 Å². The number of aryl methyl sites for hydroxylation is 1. The van der Waals surface area contributed by atoms with Gasteiger partial charge in [-0.25, -0.2) is 8.42 Å². The van der Waals surface area contributed by atoms with E-state index in [-0.39, 0.29) is 22.1 Å². The molecule has 0 N–H and O–H groups in total.